The summed E-state index contributed by atoms with van der Waals surface area (Å²) in [5, 5.41) is 15.7. The molecule has 6 nitrogen and oxygen atoms in total. The Kier molecular flexibility index (Phi) is 4.17. The Morgan fingerprint density at radius 2 is 2.12 bits per heavy atom. The lowest BCUT2D eigenvalue weighted by Crippen LogP contribution is -2.39. The molecule has 0 aliphatic carbocycles. The molecular weight excluding hydrogens is 348 g/mol. The number of rotatable bonds is 3. The van der Waals surface area contributed by atoms with Crippen LogP contribution in [0.5, 0.6) is 5.88 Å². The molecule has 0 bridgehead atoms. The SMILES string of the molecule is Cc1nc2sc([C@H](c3cccc(Cl)c3)N3CCOCC3)c(O)n2n1. The van der Waals surface area contributed by atoms with Gasteiger partial charge < -0.3 is 9.84 Å². The van der Waals surface area contributed by atoms with Gasteiger partial charge in [0, 0.05) is 18.1 Å². The van der Waals surface area contributed by atoms with Crippen LogP contribution in [0.15, 0.2) is 24.3 Å². The summed E-state index contributed by atoms with van der Waals surface area (Å²) < 4.78 is 6.99. The monoisotopic (exact) mass is 364 g/mol. The van der Waals surface area contributed by atoms with E-state index in [0.29, 0.717) is 29.0 Å². The highest BCUT2D eigenvalue weighted by atomic mass is 35.5. The molecule has 126 valence electrons. The number of ether oxygens (including phenoxy) is 1. The first kappa shape index (κ1) is 15.8. The Balaban J connectivity index is 1.84. The molecule has 1 aromatic carbocycles. The van der Waals surface area contributed by atoms with Gasteiger partial charge in [-0.3, -0.25) is 4.90 Å². The van der Waals surface area contributed by atoms with Crippen molar-refractivity contribution in [2.75, 3.05) is 26.3 Å². The molecule has 1 saturated heterocycles. The van der Waals surface area contributed by atoms with Crippen LogP contribution in [-0.4, -0.2) is 50.9 Å². The smallest absolute Gasteiger partial charge is 0.230 e. The van der Waals surface area contributed by atoms with E-state index >= 15 is 0 Å². The average molecular weight is 365 g/mol. The molecule has 0 saturated carbocycles. The van der Waals surface area contributed by atoms with Crippen LogP contribution in [0.25, 0.3) is 4.96 Å². The Bertz CT molecular complexity index is 872. The number of aryl methyl sites for hydroxylation is 1. The van der Waals surface area contributed by atoms with Crippen molar-refractivity contribution in [2.24, 2.45) is 0 Å². The minimum Gasteiger partial charge on any atom is -0.492 e. The molecule has 0 unspecified atom stereocenters. The standard InChI is InChI=1S/C16H17ClN4O2S/c1-10-18-16-21(19-10)15(22)14(24-16)13(20-5-7-23-8-6-20)11-3-2-4-12(17)9-11/h2-4,9,13,22H,5-8H2,1H3/t13-/m0/s1. The van der Waals surface area contributed by atoms with E-state index in [9.17, 15) is 5.11 Å². The number of hydrogen-bond acceptors (Lipinski definition) is 6. The molecule has 8 heteroatoms. The van der Waals surface area contributed by atoms with Gasteiger partial charge >= 0.3 is 0 Å². The van der Waals surface area contributed by atoms with E-state index < -0.39 is 0 Å². The molecule has 1 atom stereocenters. The van der Waals surface area contributed by atoms with Gasteiger partial charge in [0.25, 0.3) is 0 Å². The second-order valence-electron chi connectivity index (χ2n) is 5.75. The normalized spacial score (nSPS) is 17.4. The molecule has 0 amide bonds. The number of thiazole rings is 1. The molecule has 24 heavy (non-hydrogen) atoms. The largest absolute Gasteiger partial charge is 0.492 e. The molecular formula is C16H17ClN4O2S. The minimum atomic E-state index is -0.0959. The van der Waals surface area contributed by atoms with Crippen LogP contribution < -0.4 is 0 Å². The maximum Gasteiger partial charge on any atom is 0.230 e. The highest BCUT2D eigenvalue weighted by Crippen LogP contribution is 2.40. The van der Waals surface area contributed by atoms with Gasteiger partial charge in [0.15, 0.2) is 0 Å². The molecule has 0 radical (unpaired) electrons. The van der Waals surface area contributed by atoms with Crippen molar-refractivity contribution < 1.29 is 9.84 Å². The molecule has 2 aromatic heterocycles. The topological polar surface area (TPSA) is 62.9 Å². The fraction of sp³-hybridized carbons (Fsp3) is 0.375. The van der Waals surface area contributed by atoms with Crippen LogP contribution >= 0.6 is 22.9 Å². The van der Waals surface area contributed by atoms with Crippen molar-refractivity contribution in [2.45, 2.75) is 13.0 Å². The Morgan fingerprint density at radius 3 is 2.83 bits per heavy atom. The van der Waals surface area contributed by atoms with Crippen LogP contribution in [0.3, 0.4) is 0 Å². The van der Waals surface area contributed by atoms with E-state index in [1.807, 2.05) is 31.2 Å². The average Bonchev–Trinajstić information content (AvgIpc) is 3.07. The molecule has 1 N–H and O–H groups in total. The quantitative estimate of drug-likeness (QED) is 0.774. The maximum absolute atomic E-state index is 10.7. The lowest BCUT2D eigenvalue weighted by Gasteiger charge is -2.34. The first-order chi connectivity index (χ1) is 11.6. The first-order valence-corrected chi connectivity index (χ1v) is 8.95. The number of fused-ring (bicyclic) bond motifs is 1. The van der Waals surface area contributed by atoms with Crippen LogP contribution in [0.1, 0.15) is 22.3 Å². The molecule has 3 aromatic rings. The fourth-order valence-corrected chi connectivity index (χ4v) is 4.43. The molecule has 3 heterocycles. The zero-order chi connectivity index (χ0) is 16.7. The third kappa shape index (κ3) is 2.77. The van der Waals surface area contributed by atoms with Crippen molar-refractivity contribution in [3.63, 3.8) is 0 Å². The van der Waals surface area contributed by atoms with Crippen LogP contribution in [0, 0.1) is 6.92 Å². The summed E-state index contributed by atoms with van der Waals surface area (Å²) in [5.74, 6) is 0.792. The van der Waals surface area contributed by atoms with E-state index in [-0.39, 0.29) is 11.9 Å². The van der Waals surface area contributed by atoms with Gasteiger partial charge in [-0.1, -0.05) is 35.1 Å². The van der Waals surface area contributed by atoms with Gasteiger partial charge in [0.1, 0.15) is 5.82 Å². The summed E-state index contributed by atoms with van der Waals surface area (Å²) >= 11 is 7.66. The number of benzene rings is 1. The zero-order valence-corrected chi connectivity index (χ0v) is 14.7. The molecule has 1 fully saturated rings. The maximum atomic E-state index is 10.7. The fourth-order valence-electron chi connectivity index (χ4n) is 3.07. The van der Waals surface area contributed by atoms with E-state index in [2.05, 4.69) is 15.0 Å². The highest BCUT2D eigenvalue weighted by molar-refractivity contribution is 7.17. The predicted octanol–water partition coefficient (Wildman–Crippen LogP) is 2.88. The van der Waals surface area contributed by atoms with Crippen molar-refractivity contribution >= 4 is 27.9 Å². The van der Waals surface area contributed by atoms with Gasteiger partial charge in [-0.05, 0) is 24.6 Å². The van der Waals surface area contributed by atoms with Crippen LogP contribution in [-0.2, 0) is 4.74 Å². The van der Waals surface area contributed by atoms with Crippen LogP contribution in [0.4, 0.5) is 0 Å². The summed E-state index contributed by atoms with van der Waals surface area (Å²) in [6.07, 6.45) is 0. The van der Waals surface area contributed by atoms with Gasteiger partial charge in [0.05, 0.1) is 24.1 Å². The van der Waals surface area contributed by atoms with Crippen molar-refractivity contribution in [3.8, 4) is 5.88 Å². The number of halogens is 1. The Hall–Kier alpha value is -1.67. The second kappa shape index (κ2) is 6.33. The van der Waals surface area contributed by atoms with E-state index in [1.165, 1.54) is 15.9 Å². The van der Waals surface area contributed by atoms with Crippen molar-refractivity contribution in [3.05, 3.63) is 45.6 Å². The lowest BCUT2D eigenvalue weighted by atomic mass is 10.0. The number of morpholine rings is 1. The zero-order valence-electron chi connectivity index (χ0n) is 13.1. The Labute approximate surface area is 148 Å². The minimum absolute atomic E-state index is 0.0959. The Morgan fingerprint density at radius 1 is 1.33 bits per heavy atom. The summed E-state index contributed by atoms with van der Waals surface area (Å²) in [5.41, 5.74) is 1.04. The summed E-state index contributed by atoms with van der Waals surface area (Å²) in [7, 11) is 0. The van der Waals surface area contributed by atoms with Crippen molar-refractivity contribution in [1.82, 2.24) is 19.5 Å². The van der Waals surface area contributed by atoms with E-state index in [1.54, 1.807) is 0 Å². The highest BCUT2D eigenvalue weighted by Gasteiger charge is 2.30. The lowest BCUT2D eigenvalue weighted by molar-refractivity contribution is 0.0241. The molecule has 1 aliphatic heterocycles. The van der Waals surface area contributed by atoms with Crippen LogP contribution in [0.2, 0.25) is 5.02 Å². The molecule has 0 spiro atoms. The first-order valence-electron chi connectivity index (χ1n) is 7.76. The second-order valence-corrected chi connectivity index (χ2v) is 7.19. The number of hydrogen-bond donors (Lipinski definition) is 1. The van der Waals surface area contributed by atoms with E-state index in [0.717, 1.165) is 23.5 Å². The van der Waals surface area contributed by atoms with E-state index in [4.69, 9.17) is 16.3 Å². The summed E-state index contributed by atoms with van der Waals surface area (Å²) in [4.78, 5) is 8.20. The summed E-state index contributed by atoms with van der Waals surface area (Å²) in [6.45, 7) is 4.76. The molecule has 4 rings (SSSR count). The number of nitrogens with zero attached hydrogens (tertiary/aromatic N) is 4. The predicted molar refractivity (Wildman–Crippen MR) is 93.0 cm³/mol. The third-order valence-corrected chi connectivity index (χ3v) is 5.44. The van der Waals surface area contributed by atoms with Crippen molar-refractivity contribution in [1.29, 1.82) is 0 Å². The van der Waals surface area contributed by atoms with Gasteiger partial charge in [0.2, 0.25) is 10.8 Å². The van der Waals surface area contributed by atoms with Gasteiger partial charge in [-0.15, -0.1) is 5.10 Å². The number of aromatic nitrogens is 3. The summed E-state index contributed by atoms with van der Waals surface area (Å²) in [6, 6.07) is 7.67. The van der Waals surface area contributed by atoms with Gasteiger partial charge in [-0.2, -0.15) is 4.52 Å². The number of aromatic hydroxyl groups is 1. The third-order valence-electron chi connectivity index (χ3n) is 4.13. The molecule has 1 aliphatic rings. The van der Waals surface area contributed by atoms with Gasteiger partial charge in [-0.25, -0.2) is 4.98 Å².